The number of piperidine rings is 1. The fraction of sp³-hybridized carbons (Fsp3) is 0.545. The molecule has 1 spiro atoms. The second-order valence-electron chi connectivity index (χ2n) is 7.69. The van der Waals surface area contributed by atoms with Gasteiger partial charge in [0, 0.05) is 13.1 Å². The van der Waals surface area contributed by atoms with E-state index in [1.807, 2.05) is 32.9 Å². The molecule has 2 aliphatic heterocycles. The Hall–Kier alpha value is -2.46. The van der Waals surface area contributed by atoms with Crippen molar-refractivity contribution >= 4 is 17.6 Å². The molecule has 9 heteroatoms. The Morgan fingerprint density at radius 3 is 2.39 bits per heavy atom. The number of hydroxylamine groups is 4. The summed E-state index contributed by atoms with van der Waals surface area (Å²) in [6.45, 7) is 7.87. The normalized spacial score (nSPS) is 18.8. The van der Waals surface area contributed by atoms with Crippen LogP contribution in [0.2, 0.25) is 0 Å². The third-order valence-corrected chi connectivity index (χ3v) is 6.07. The van der Waals surface area contributed by atoms with Crippen LogP contribution in [0.25, 0.3) is 5.57 Å². The van der Waals surface area contributed by atoms with Gasteiger partial charge in [0.25, 0.3) is 5.91 Å². The molecule has 0 bridgehead atoms. The predicted molar refractivity (Wildman–Crippen MR) is 111 cm³/mol. The van der Waals surface area contributed by atoms with Gasteiger partial charge >= 0.3 is 6.16 Å². The highest BCUT2D eigenvalue weighted by Gasteiger charge is 2.57. The summed E-state index contributed by atoms with van der Waals surface area (Å²) in [7, 11) is 1.58. The maximum absolute atomic E-state index is 13.6. The lowest BCUT2D eigenvalue weighted by Crippen LogP contribution is -2.55. The molecule has 0 radical (unpaired) electrons. The Morgan fingerprint density at radius 2 is 1.81 bits per heavy atom. The van der Waals surface area contributed by atoms with E-state index in [4.69, 9.17) is 19.1 Å². The van der Waals surface area contributed by atoms with Gasteiger partial charge in [-0.05, 0) is 62.8 Å². The molecule has 1 amide bonds. The van der Waals surface area contributed by atoms with Crippen LogP contribution in [-0.2, 0) is 23.9 Å². The van der Waals surface area contributed by atoms with Gasteiger partial charge in [-0.2, -0.15) is 5.06 Å². The average Bonchev–Trinajstić information content (AvgIpc) is 2.95. The van der Waals surface area contributed by atoms with Gasteiger partial charge in [0.05, 0.1) is 19.3 Å². The number of aliphatic hydroxyl groups is 1. The fourth-order valence-electron chi connectivity index (χ4n) is 4.36. The highest BCUT2D eigenvalue weighted by atomic mass is 16.8. The molecular formula is C22H30N2O7. The third-order valence-electron chi connectivity index (χ3n) is 6.07. The number of benzene rings is 1. The smallest absolute Gasteiger partial charge is 0.434 e. The van der Waals surface area contributed by atoms with Crippen molar-refractivity contribution in [1.82, 2.24) is 10.1 Å². The molecule has 0 aromatic heterocycles. The van der Waals surface area contributed by atoms with Crippen LogP contribution in [0.4, 0.5) is 4.79 Å². The maximum Gasteiger partial charge on any atom is 0.513 e. The van der Waals surface area contributed by atoms with Crippen LogP contribution >= 0.6 is 0 Å². The molecule has 2 heterocycles. The van der Waals surface area contributed by atoms with Crippen LogP contribution in [0, 0.1) is 20.8 Å². The molecule has 170 valence electrons. The molecule has 0 unspecified atom stereocenters. The topological polar surface area (TPSA) is 97.8 Å². The number of carbonyl (C=O) groups is 2. The first-order valence-electron chi connectivity index (χ1n) is 10.3. The number of hydrogen-bond acceptors (Lipinski definition) is 8. The first-order chi connectivity index (χ1) is 14.8. The van der Waals surface area contributed by atoms with Crippen LogP contribution in [0.15, 0.2) is 17.9 Å². The number of amides is 1. The van der Waals surface area contributed by atoms with Crippen LogP contribution < -0.4 is 0 Å². The molecule has 1 N–H and O–H groups in total. The van der Waals surface area contributed by atoms with Gasteiger partial charge < -0.3 is 19.4 Å². The van der Waals surface area contributed by atoms with E-state index in [9.17, 15) is 14.7 Å². The standard InChI is InChI=1S/C22H30N2O7/c1-6-29-21(27)31-19-18(17-15(3)8-7-14(2)16(17)4)20(26)24(30-13-25)22(19)9-11-23(28-5)12-10-22/h7-8,25H,6,9-13H2,1-5H3. The van der Waals surface area contributed by atoms with Gasteiger partial charge in [0.1, 0.15) is 5.54 Å². The summed E-state index contributed by atoms with van der Waals surface area (Å²) in [4.78, 5) is 36.8. The van der Waals surface area contributed by atoms with E-state index in [0.717, 1.165) is 21.8 Å². The molecular weight excluding hydrogens is 404 g/mol. The Kier molecular flexibility index (Phi) is 7.00. The zero-order valence-corrected chi connectivity index (χ0v) is 18.7. The summed E-state index contributed by atoms with van der Waals surface area (Å²) < 4.78 is 10.7. The molecule has 31 heavy (non-hydrogen) atoms. The van der Waals surface area contributed by atoms with E-state index < -0.39 is 24.4 Å². The molecule has 1 aromatic rings. The molecule has 9 nitrogen and oxygen atoms in total. The second-order valence-corrected chi connectivity index (χ2v) is 7.69. The summed E-state index contributed by atoms with van der Waals surface area (Å²) in [6.07, 6.45) is -0.117. The first kappa shape index (κ1) is 23.2. The minimum absolute atomic E-state index is 0.138. The van der Waals surface area contributed by atoms with Crippen molar-refractivity contribution < 1.29 is 33.8 Å². The minimum Gasteiger partial charge on any atom is -0.434 e. The number of rotatable bonds is 6. The number of hydrogen-bond donors (Lipinski definition) is 1. The van der Waals surface area contributed by atoms with Crippen molar-refractivity contribution in [2.45, 2.75) is 46.1 Å². The number of carbonyl (C=O) groups excluding carboxylic acids is 2. The quantitative estimate of drug-likeness (QED) is 0.539. The van der Waals surface area contributed by atoms with Gasteiger partial charge in [0.15, 0.2) is 12.6 Å². The van der Waals surface area contributed by atoms with E-state index in [0.29, 0.717) is 31.5 Å². The number of aryl methyl sites for hydroxylation is 2. The van der Waals surface area contributed by atoms with E-state index >= 15 is 0 Å². The summed E-state index contributed by atoms with van der Waals surface area (Å²) >= 11 is 0. The van der Waals surface area contributed by atoms with Gasteiger partial charge in [-0.3, -0.25) is 4.79 Å². The van der Waals surface area contributed by atoms with Crippen LogP contribution in [0.1, 0.15) is 42.0 Å². The van der Waals surface area contributed by atoms with Gasteiger partial charge in [-0.25, -0.2) is 14.7 Å². The van der Waals surface area contributed by atoms with Crippen molar-refractivity contribution in [2.75, 3.05) is 33.6 Å². The minimum atomic E-state index is -1.07. The van der Waals surface area contributed by atoms with Crippen molar-refractivity contribution in [2.24, 2.45) is 0 Å². The first-order valence-corrected chi connectivity index (χ1v) is 10.3. The predicted octanol–water partition coefficient (Wildman–Crippen LogP) is 2.62. The van der Waals surface area contributed by atoms with Gasteiger partial charge in [-0.15, -0.1) is 0 Å². The molecule has 0 saturated carbocycles. The van der Waals surface area contributed by atoms with Crippen molar-refractivity contribution in [1.29, 1.82) is 0 Å². The SMILES string of the molecule is CCOC(=O)OC1=C(c2c(C)ccc(C)c2C)C(=O)N(OCO)C12CCN(OC)CC2. The van der Waals surface area contributed by atoms with E-state index in [2.05, 4.69) is 0 Å². The van der Waals surface area contributed by atoms with Crippen molar-refractivity contribution in [3.63, 3.8) is 0 Å². The Bertz CT molecular complexity index is 888. The lowest BCUT2D eigenvalue weighted by Gasteiger charge is -2.43. The molecule has 0 aliphatic carbocycles. The summed E-state index contributed by atoms with van der Waals surface area (Å²) in [5, 5.41) is 12.4. The Morgan fingerprint density at radius 1 is 1.16 bits per heavy atom. The highest BCUT2D eigenvalue weighted by molar-refractivity contribution is 6.23. The zero-order valence-electron chi connectivity index (χ0n) is 18.7. The average molecular weight is 434 g/mol. The lowest BCUT2D eigenvalue weighted by molar-refractivity contribution is -0.256. The van der Waals surface area contributed by atoms with Crippen LogP contribution in [0.5, 0.6) is 0 Å². The zero-order chi connectivity index (χ0) is 22.8. The van der Waals surface area contributed by atoms with Crippen molar-refractivity contribution in [3.05, 3.63) is 40.1 Å². The summed E-state index contributed by atoms with van der Waals surface area (Å²) in [5.41, 5.74) is 2.66. The monoisotopic (exact) mass is 434 g/mol. The Balaban J connectivity index is 2.23. The maximum atomic E-state index is 13.6. The lowest BCUT2D eigenvalue weighted by atomic mass is 9.84. The summed E-state index contributed by atoms with van der Waals surface area (Å²) in [6, 6.07) is 3.91. The number of nitrogens with zero attached hydrogens (tertiary/aromatic N) is 2. The van der Waals surface area contributed by atoms with Crippen LogP contribution in [-0.4, -0.2) is 66.4 Å². The molecule has 1 saturated heterocycles. The number of aliphatic hydroxyl groups excluding tert-OH is 1. The van der Waals surface area contributed by atoms with E-state index in [1.165, 1.54) is 0 Å². The molecule has 1 fully saturated rings. The van der Waals surface area contributed by atoms with Crippen LogP contribution in [0.3, 0.4) is 0 Å². The third kappa shape index (κ3) is 4.06. The Labute approximate surface area is 182 Å². The van der Waals surface area contributed by atoms with Crippen molar-refractivity contribution in [3.8, 4) is 0 Å². The molecule has 1 aromatic carbocycles. The summed E-state index contributed by atoms with van der Waals surface area (Å²) in [5.74, 6) is -0.270. The van der Waals surface area contributed by atoms with E-state index in [1.54, 1.807) is 19.1 Å². The van der Waals surface area contributed by atoms with Gasteiger partial charge in [-0.1, -0.05) is 12.1 Å². The fourth-order valence-corrected chi connectivity index (χ4v) is 4.36. The molecule has 2 aliphatic rings. The largest absolute Gasteiger partial charge is 0.513 e. The van der Waals surface area contributed by atoms with E-state index in [-0.39, 0.29) is 17.9 Å². The molecule has 0 atom stereocenters. The number of ether oxygens (including phenoxy) is 2. The highest BCUT2D eigenvalue weighted by Crippen LogP contribution is 2.48. The molecule has 3 rings (SSSR count). The second kappa shape index (κ2) is 9.35. The van der Waals surface area contributed by atoms with Gasteiger partial charge in [0.2, 0.25) is 0 Å².